The monoisotopic (exact) mass is 603 g/mol. The fourth-order valence-corrected chi connectivity index (χ4v) is 5.98. The highest BCUT2D eigenvalue weighted by Gasteiger charge is 2.29. The molecule has 0 spiro atoms. The summed E-state index contributed by atoms with van der Waals surface area (Å²) in [5.74, 6) is -0.542. The number of Topliss-reactive ketones (excluding diaryl/α,β-unsaturated/α-hetero) is 1. The zero-order valence-electron chi connectivity index (χ0n) is 24.0. The Morgan fingerprint density at radius 1 is 1.14 bits per heavy atom. The third-order valence-corrected chi connectivity index (χ3v) is 8.14. The molecule has 2 N–H and O–H groups in total. The highest BCUT2D eigenvalue weighted by Crippen LogP contribution is 2.34. The minimum atomic E-state index is -1.65. The summed E-state index contributed by atoms with van der Waals surface area (Å²) in [5, 5.41) is 27.8. The van der Waals surface area contributed by atoms with E-state index in [2.05, 4.69) is 10.2 Å². The quantitative estimate of drug-likeness (QED) is 0.220. The summed E-state index contributed by atoms with van der Waals surface area (Å²) < 4.78 is 28.1. The SMILES string of the molecule is COc1ccc(F)cc1[C@H](Cn1c(=O)n(C(C)C(=O)CC(C)C)c(=O)c2c(C)c(-n3nccn3)sc21)OCCC(O)O. The predicted octanol–water partition coefficient (Wildman–Crippen LogP) is 2.90. The second-order valence-electron chi connectivity index (χ2n) is 10.4. The number of rotatable bonds is 13. The molecule has 226 valence electrons. The number of nitrogens with zero attached hydrogens (tertiary/aromatic N) is 5. The molecule has 0 saturated heterocycles. The number of methoxy groups -OCH3 is 1. The molecule has 4 rings (SSSR count). The Bertz CT molecular complexity index is 1680. The first-order valence-corrected chi connectivity index (χ1v) is 14.2. The highest BCUT2D eigenvalue weighted by atomic mass is 32.1. The zero-order valence-corrected chi connectivity index (χ0v) is 24.8. The lowest BCUT2D eigenvalue weighted by Crippen LogP contribution is -2.44. The van der Waals surface area contributed by atoms with E-state index in [9.17, 15) is 29.0 Å². The Kier molecular flexibility index (Phi) is 9.71. The summed E-state index contributed by atoms with van der Waals surface area (Å²) in [6.45, 7) is 6.62. The second-order valence-corrected chi connectivity index (χ2v) is 11.3. The summed E-state index contributed by atoms with van der Waals surface area (Å²) in [6, 6.07) is 2.80. The molecule has 0 radical (unpaired) electrons. The van der Waals surface area contributed by atoms with Gasteiger partial charge in [0.2, 0.25) is 0 Å². The molecule has 0 aliphatic carbocycles. The Balaban J connectivity index is 1.97. The number of fused-ring (bicyclic) bond motifs is 1. The van der Waals surface area contributed by atoms with E-state index in [-0.39, 0.29) is 54.4 Å². The van der Waals surface area contributed by atoms with Crippen molar-refractivity contribution < 1.29 is 28.9 Å². The van der Waals surface area contributed by atoms with E-state index >= 15 is 0 Å². The van der Waals surface area contributed by atoms with E-state index in [4.69, 9.17) is 9.47 Å². The molecule has 1 aromatic carbocycles. The number of aryl methyl sites for hydroxylation is 1. The van der Waals surface area contributed by atoms with Crippen molar-refractivity contribution in [2.24, 2.45) is 5.92 Å². The maximum absolute atomic E-state index is 14.4. The first-order valence-electron chi connectivity index (χ1n) is 13.4. The van der Waals surface area contributed by atoms with Crippen molar-refractivity contribution in [1.82, 2.24) is 24.1 Å². The molecule has 14 heteroatoms. The van der Waals surface area contributed by atoms with Gasteiger partial charge in [0.15, 0.2) is 12.1 Å². The molecule has 42 heavy (non-hydrogen) atoms. The third-order valence-electron chi connectivity index (χ3n) is 6.86. The molecule has 0 bridgehead atoms. The predicted molar refractivity (Wildman–Crippen MR) is 154 cm³/mol. The van der Waals surface area contributed by atoms with E-state index in [0.29, 0.717) is 15.4 Å². The average Bonchev–Trinajstić information content (AvgIpc) is 3.57. The van der Waals surface area contributed by atoms with Crippen LogP contribution in [0, 0.1) is 18.7 Å². The van der Waals surface area contributed by atoms with Crippen LogP contribution >= 0.6 is 11.3 Å². The van der Waals surface area contributed by atoms with E-state index in [1.54, 1.807) is 6.92 Å². The van der Waals surface area contributed by atoms with Crippen LogP contribution < -0.4 is 16.0 Å². The van der Waals surface area contributed by atoms with E-state index < -0.39 is 35.5 Å². The van der Waals surface area contributed by atoms with E-state index in [1.165, 1.54) is 54.0 Å². The topological polar surface area (TPSA) is 151 Å². The van der Waals surface area contributed by atoms with Crippen molar-refractivity contribution in [1.29, 1.82) is 0 Å². The Labute approximate surface area is 244 Å². The Hall–Kier alpha value is -3.72. The summed E-state index contributed by atoms with van der Waals surface area (Å²) in [7, 11) is 1.41. The Morgan fingerprint density at radius 3 is 2.45 bits per heavy atom. The summed E-state index contributed by atoms with van der Waals surface area (Å²) in [6.07, 6.45) is 0.331. The molecule has 0 aliphatic rings. The highest BCUT2D eigenvalue weighted by molar-refractivity contribution is 7.21. The molecule has 3 heterocycles. The number of thiophene rings is 1. The maximum Gasteiger partial charge on any atom is 0.332 e. The van der Waals surface area contributed by atoms with Crippen molar-refractivity contribution in [3.63, 3.8) is 0 Å². The van der Waals surface area contributed by atoms with Gasteiger partial charge in [-0.15, -0.1) is 4.80 Å². The van der Waals surface area contributed by atoms with Crippen LogP contribution in [0.2, 0.25) is 0 Å². The van der Waals surface area contributed by atoms with Gasteiger partial charge >= 0.3 is 5.69 Å². The summed E-state index contributed by atoms with van der Waals surface area (Å²) in [5.41, 5.74) is -0.572. The number of carbonyl (C=O) groups is 1. The van der Waals surface area contributed by atoms with Gasteiger partial charge in [-0.3, -0.25) is 14.2 Å². The van der Waals surface area contributed by atoms with Crippen LogP contribution in [0.15, 0.2) is 40.2 Å². The number of hydrogen-bond acceptors (Lipinski definition) is 10. The molecule has 3 aromatic heterocycles. The molecule has 0 amide bonds. The molecule has 0 fully saturated rings. The van der Waals surface area contributed by atoms with Crippen molar-refractivity contribution >= 4 is 27.3 Å². The number of carbonyl (C=O) groups excluding carboxylic acids is 1. The van der Waals surface area contributed by atoms with Crippen molar-refractivity contribution in [2.75, 3.05) is 13.7 Å². The first-order chi connectivity index (χ1) is 19.9. The molecular weight excluding hydrogens is 569 g/mol. The van der Waals surface area contributed by atoms with Crippen LogP contribution in [-0.4, -0.2) is 60.1 Å². The number of hydrogen-bond donors (Lipinski definition) is 2. The number of ether oxygens (including phenoxy) is 2. The second kappa shape index (κ2) is 13.1. The van der Waals surface area contributed by atoms with Gasteiger partial charge in [0.1, 0.15) is 27.5 Å². The number of aliphatic hydroxyl groups is 2. The van der Waals surface area contributed by atoms with Crippen LogP contribution in [0.5, 0.6) is 5.75 Å². The van der Waals surface area contributed by atoms with Gasteiger partial charge in [-0.25, -0.2) is 13.8 Å². The summed E-state index contributed by atoms with van der Waals surface area (Å²) >= 11 is 1.12. The van der Waals surface area contributed by atoms with Crippen LogP contribution in [0.4, 0.5) is 4.39 Å². The normalized spacial score (nSPS) is 13.3. The van der Waals surface area contributed by atoms with Gasteiger partial charge in [0, 0.05) is 24.0 Å². The van der Waals surface area contributed by atoms with Crippen LogP contribution in [0.1, 0.15) is 56.9 Å². The smallest absolute Gasteiger partial charge is 0.332 e. The molecule has 1 unspecified atom stereocenters. The molecule has 2 atom stereocenters. The maximum atomic E-state index is 14.4. The molecule has 0 aliphatic heterocycles. The zero-order chi connectivity index (χ0) is 30.7. The molecular formula is C28H34FN5O7S. The van der Waals surface area contributed by atoms with Gasteiger partial charge in [-0.05, 0) is 38.0 Å². The van der Waals surface area contributed by atoms with E-state index in [0.717, 1.165) is 15.9 Å². The van der Waals surface area contributed by atoms with Gasteiger partial charge in [0.25, 0.3) is 5.56 Å². The minimum Gasteiger partial charge on any atom is -0.496 e. The largest absolute Gasteiger partial charge is 0.496 e. The Morgan fingerprint density at radius 2 is 1.83 bits per heavy atom. The van der Waals surface area contributed by atoms with Crippen molar-refractivity contribution in [3.05, 3.63) is 68.4 Å². The number of ketones is 1. The van der Waals surface area contributed by atoms with Crippen molar-refractivity contribution in [2.45, 2.75) is 65.5 Å². The van der Waals surface area contributed by atoms with Crippen LogP contribution in [0.25, 0.3) is 15.2 Å². The van der Waals surface area contributed by atoms with Crippen LogP contribution in [-0.2, 0) is 16.1 Å². The third kappa shape index (κ3) is 6.36. The van der Waals surface area contributed by atoms with Gasteiger partial charge in [0.05, 0.1) is 44.1 Å². The minimum absolute atomic E-state index is 0.0158. The van der Waals surface area contributed by atoms with Gasteiger partial charge in [-0.1, -0.05) is 25.2 Å². The number of aromatic nitrogens is 5. The standard InChI is InChI=1S/C28H34FN5O7S/c1-15(2)12-20(35)17(4)33-25(38)24-16(3)26(34-30-9-10-31-34)42-27(24)32(28(33)39)14-22(41-11-8-23(36)37)19-13-18(29)6-7-21(19)40-5/h6-7,9-10,13,15,17,22-23,36-37H,8,11-12,14H2,1-5H3/t17?,22-/m0/s1. The molecule has 4 aromatic rings. The van der Waals surface area contributed by atoms with Crippen molar-refractivity contribution in [3.8, 4) is 10.8 Å². The number of benzene rings is 1. The molecule has 12 nitrogen and oxygen atoms in total. The van der Waals surface area contributed by atoms with Gasteiger partial charge < -0.3 is 19.7 Å². The first kappa shape index (κ1) is 31.2. The van der Waals surface area contributed by atoms with E-state index in [1.807, 2.05) is 13.8 Å². The number of aliphatic hydroxyl groups excluding tert-OH is 1. The fourth-order valence-electron chi connectivity index (χ4n) is 4.76. The number of halogens is 1. The lowest BCUT2D eigenvalue weighted by molar-refractivity contribution is -0.122. The average molecular weight is 604 g/mol. The fraction of sp³-hybridized carbons (Fsp3) is 0.464. The lowest BCUT2D eigenvalue weighted by atomic mass is 10.0. The van der Waals surface area contributed by atoms with Crippen LogP contribution in [0.3, 0.4) is 0 Å². The molecule has 0 saturated carbocycles. The van der Waals surface area contributed by atoms with Gasteiger partial charge in [-0.2, -0.15) is 10.2 Å². The lowest BCUT2D eigenvalue weighted by Gasteiger charge is -2.23. The summed E-state index contributed by atoms with van der Waals surface area (Å²) in [4.78, 5) is 42.7.